The molecule has 0 fully saturated rings. The van der Waals surface area contributed by atoms with Crippen LogP contribution in [0.25, 0.3) is 65.3 Å². The van der Waals surface area contributed by atoms with E-state index in [0.717, 1.165) is 0 Å². The van der Waals surface area contributed by atoms with Gasteiger partial charge in [0.15, 0.2) is 0 Å². The number of rotatable bonds is 4. The van der Waals surface area contributed by atoms with Crippen LogP contribution in [0.15, 0.2) is 133 Å². The number of benzene rings is 6. The molecule has 0 heterocycles. The topological polar surface area (TPSA) is 0 Å². The summed E-state index contributed by atoms with van der Waals surface area (Å²) in [6, 6.07) is 49.7. The van der Waals surface area contributed by atoms with E-state index in [1.807, 2.05) is 0 Å². The molecule has 44 heavy (non-hydrogen) atoms. The van der Waals surface area contributed by atoms with E-state index in [4.69, 9.17) is 0 Å². The predicted octanol–water partition coefficient (Wildman–Crippen LogP) is 10.5. The SMILES string of the molecule is Cc1[cH-]c2cccc(-c3cccc4ccccc34)c2c1[Si](C)(C)c1c(C)[cH-]c2cccc(-c3cccc4ccccc34)c12.[Zr+2]. The summed E-state index contributed by atoms with van der Waals surface area (Å²) in [5, 5.41) is 13.9. The maximum atomic E-state index is 2.58. The Balaban J connectivity index is 0.00000312. The second-order valence-electron chi connectivity index (χ2n) is 12.6. The molecule has 0 atom stereocenters. The zero-order valence-electron chi connectivity index (χ0n) is 25.7. The van der Waals surface area contributed by atoms with Gasteiger partial charge in [0.05, 0.1) is 0 Å². The first-order valence-electron chi connectivity index (χ1n) is 15.3. The summed E-state index contributed by atoms with van der Waals surface area (Å²) in [5.74, 6) is 0. The summed E-state index contributed by atoms with van der Waals surface area (Å²) in [4.78, 5) is 0. The average molecular weight is 658 g/mol. The fourth-order valence-electron chi connectivity index (χ4n) is 8.05. The van der Waals surface area contributed by atoms with E-state index in [-0.39, 0.29) is 26.2 Å². The van der Waals surface area contributed by atoms with Crippen molar-refractivity contribution in [3.05, 3.63) is 145 Å². The Morgan fingerprint density at radius 3 is 1.25 bits per heavy atom. The third-order valence-electron chi connectivity index (χ3n) is 9.64. The van der Waals surface area contributed by atoms with E-state index in [2.05, 4.69) is 160 Å². The van der Waals surface area contributed by atoms with Crippen molar-refractivity contribution in [3.8, 4) is 22.3 Å². The minimum absolute atomic E-state index is 0. The molecular formula is C42H34SiZr. The van der Waals surface area contributed by atoms with E-state index in [1.165, 1.54) is 76.5 Å². The van der Waals surface area contributed by atoms with Gasteiger partial charge < -0.3 is 0 Å². The zero-order chi connectivity index (χ0) is 29.3. The number of aryl methyl sites for hydroxylation is 2. The van der Waals surface area contributed by atoms with Crippen molar-refractivity contribution in [2.45, 2.75) is 26.9 Å². The van der Waals surface area contributed by atoms with Gasteiger partial charge in [0.1, 0.15) is 0 Å². The number of hydrogen-bond acceptors (Lipinski definition) is 0. The average Bonchev–Trinajstić information content (AvgIpc) is 3.56. The number of fused-ring (bicyclic) bond motifs is 4. The van der Waals surface area contributed by atoms with Crippen LogP contribution in [0.1, 0.15) is 11.1 Å². The van der Waals surface area contributed by atoms with Crippen LogP contribution in [0.2, 0.25) is 13.1 Å². The Morgan fingerprint density at radius 1 is 0.432 bits per heavy atom. The molecule has 0 spiro atoms. The molecule has 0 aliphatic rings. The van der Waals surface area contributed by atoms with E-state index in [0.29, 0.717) is 0 Å². The van der Waals surface area contributed by atoms with E-state index in [1.54, 1.807) is 10.4 Å². The normalized spacial score (nSPS) is 11.9. The minimum Gasteiger partial charge on any atom is -0.158 e. The van der Waals surface area contributed by atoms with Crippen LogP contribution in [0, 0.1) is 13.8 Å². The Kier molecular flexibility index (Phi) is 7.19. The van der Waals surface area contributed by atoms with Gasteiger partial charge in [-0.25, -0.2) is 0 Å². The molecule has 0 N–H and O–H groups in total. The molecule has 0 bridgehead atoms. The summed E-state index contributed by atoms with van der Waals surface area (Å²) in [6.45, 7) is 9.83. The molecule has 2 heteroatoms. The van der Waals surface area contributed by atoms with Crippen LogP contribution in [0.4, 0.5) is 0 Å². The molecule has 0 aromatic heterocycles. The molecule has 0 nitrogen and oxygen atoms in total. The Bertz CT molecular complexity index is 2170. The molecule has 8 rings (SSSR count). The first-order chi connectivity index (χ1) is 20.9. The van der Waals surface area contributed by atoms with Crippen molar-refractivity contribution < 1.29 is 26.2 Å². The van der Waals surface area contributed by atoms with Crippen LogP contribution >= 0.6 is 0 Å². The maximum Gasteiger partial charge on any atom is 2.00 e. The maximum absolute atomic E-state index is 2.58. The van der Waals surface area contributed by atoms with Crippen molar-refractivity contribution in [2.75, 3.05) is 0 Å². The molecule has 0 amide bonds. The van der Waals surface area contributed by atoms with Gasteiger partial charge in [-0.1, -0.05) is 135 Å². The monoisotopic (exact) mass is 656 g/mol. The molecule has 8 aromatic carbocycles. The van der Waals surface area contributed by atoms with Crippen molar-refractivity contribution in [2.24, 2.45) is 0 Å². The third-order valence-corrected chi connectivity index (χ3v) is 13.4. The summed E-state index contributed by atoms with van der Waals surface area (Å²) >= 11 is 0. The summed E-state index contributed by atoms with van der Waals surface area (Å²) in [7, 11) is -2.23. The molecule has 8 aromatic rings. The number of hydrogen-bond donors (Lipinski definition) is 0. The van der Waals surface area contributed by atoms with Gasteiger partial charge in [-0.2, -0.15) is 10.4 Å². The van der Waals surface area contributed by atoms with Crippen LogP contribution in [0.5, 0.6) is 0 Å². The van der Waals surface area contributed by atoms with Gasteiger partial charge in [0.2, 0.25) is 0 Å². The minimum atomic E-state index is -2.23. The van der Waals surface area contributed by atoms with Crippen LogP contribution in [-0.4, -0.2) is 8.07 Å². The van der Waals surface area contributed by atoms with Crippen molar-refractivity contribution in [1.82, 2.24) is 0 Å². The summed E-state index contributed by atoms with van der Waals surface area (Å²) in [5.41, 5.74) is 8.16. The van der Waals surface area contributed by atoms with E-state index in [9.17, 15) is 0 Å². The van der Waals surface area contributed by atoms with Crippen molar-refractivity contribution in [3.63, 3.8) is 0 Å². The molecule has 0 aliphatic carbocycles. The standard InChI is InChI=1S/C42H34Si.Zr/c1-27-25-31-17-11-23-37(35-21-9-15-29-13-5-7-19-33(29)35)39(31)41(27)43(3,4)42-28(2)26-32-18-12-24-38(40(32)42)36-22-10-16-30-14-6-8-20-34(30)36;/h5-26H,1-4H3;/q-2;+2. The van der Waals surface area contributed by atoms with Crippen LogP contribution < -0.4 is 10.4 Å². The van der Waals surface area contributed by atoms with Crippen molar-refractivity contribution >= 4 is 61.5 Å². The van der Waals surface area contributed by atoms with E-state index < -0.39 is 8.07 Å². The van der Waals surface area contributed by atoms with Gasteiger partial charge in [-0.05, 0) is 32.7 Å². The smallest absolute Gasteiger partial charge is 0.158 e. The van der Waals surface area contributed by atoms with Gasteiger partial charge in [-0.3, -0.25) is 0 Å². The summed E-state index contributed by atoms with van der Waals surface area (Å²) < 4.78 is 0. The van der Waals surface area contributed by atoms with Gasteiger partial charge in [0.25, 0.3) is 0 Å². The van der Waals surface area contributed by atoms with Gasteiger partial charge in [0, 0.05) is 8.07 Å². The predicted molar refractivity (Wildman–Crippen MR) is 191 cm³/mol. The molecular weight excluding hydrogens is 624 g/mol. The quantitative estimate of drug-likeness (QED) is 0.131. The zero-order valence-corrected chi connectivity index (χ0v) is 29.2. The molecule has 210 valence electrons. The Morgan fingerprint density at radius 2 is 0.795 bits per heavy atom. The fourth-order valence-corrected chi connectivity index (χ4v) is 12.2. The second kappa shape index (κ2) is 11.0. The second-order valence-corrected chi connectivity index (χ2v) is 16.9. The molecule has 0 saturated carbocycles. The van der Waals surface area contributed by atoms with Gasteiger partial charge >= 0.3 is 26.2 Å². The Labute approximate surface area is 279 Å². The largest absolute Gasteiger partial charge is 2.00 e. The Hall–Kier alpha value is -3.84. The fraction of sp³-hybridized carbons (Fsp3) is 0.0952. The van der Waals surface area contributed by atoms with Gasteiger partial charge in [-0.15, -0.1) is 69.1 Å². The molecule has 0 aliphatic heterocycles. The summed E-state index contributed by atoms with van der Waals surface area (Å²) in [6.07, 6.45) is 0. The van der Waals surface area contributed by atoms with Crippen LogP contribution in [-0.2, 0) is 26.2 Å². The first kappa shape index (κ1) is 28.9. The molecule has 0 unspecified atom stereocenters. The first-order valence-corrected chi connectivity index (χ1v) is 18.3. The van der Waals surface area contributed by atoms with Crippen LogP contribution in [0.3, 0.4) is 0 Å². The van der Waals surface area contributed by atoms with Crippen molar-refractivity contribution in [1.29, 1.82) is 0 Å². The molecule has 0 saturated heterocycles. The third kappa shape index (κ3) is 4.34. The molecule has 0 radical (unpaired) electrons. The van der Waals surface area contributed by atoms with E-state index >= 15 is 0 Å².